The Morgan fingerprint density at radius 1 is 0.672 bits per heavy atom. The summed E-state index contributed by atoms with van der Waals surface area (Å²) in [4.78, 5) is 36.9. The molecule has 0 bridgehead atoms. The average Bonchev–Trinajstić information content (AvgIpc) is 3.29. The Morgan fingerprint density at radius 3 is 1.73 bits per heavy atom. The number of hydrogen-bond acceptors (Lipinski definition) is 9. The molecule has 1 aliphatic carbocycles. The molecule has 0 atom stereocenters. The zero-order valence-electron chi connectivity index (χ0n) is 39.2. The summed E-state index contributed by atoms with van der Waals surface area (Å²) >= 11 is 0. The number of benzene rings is 3. The number of carbonyl (C=O) groups excluding carboxylic acids is 3. The molecule has 1 aliphatic rings. The highest BCUT2D eigenvalue weighted by molar-refractivity contribution is 5.87. The van der Waals surface area contributed by atoms with Crippen molar-refractivity contribution in [2.45, 2.75) is 124 Å². The highest BCUT2D eigenvalue weighted by Gasteiger charge is 2.32. The number of rotatable bonds is 26. The van der Waals surface area contributed by atoms with Gasteiger partial charge in [-0.05, 0) is 148 Å². The number of ether oxygens (including phenoxy) is 4. The minimum absolute atomic E-state index is 0.0391. The molecular formula is C54H73FN2O7. The van der Waals surface area contributed by atoms with E-state index in [9.17, 15) is 14.4 Å². The predicted octanol–water partition coefficient (Wildman–Crippen LogP) is 11.1. The molecule has 64 heavy (non-hydrogen) atoms. The topological polar surface area (TPSA) is 140 Å². The maximum atomic E-state index is 16.1. The fourth-order valence-electron chi connectivity index (χ4n) is 8.31. The number of esters is 3. The fourth-order valence-corrected chi connectivity index (χ4v) is 8.31. The SMILES string of the molecule is C=C(C)C(=O)OCCCc1cc(-c2ccc(-c3ccc(C4CCC(CCCCC)CC4)cc3F)c(CC)c2)cc(CCCOC(=O)C(=C)C)c1OCC(CN)(CN)COC(=O)C(=C)C. The van der Waals surface area contributed by atoms with Gasteiger partial charge < -0.3 is 30.4 Å². The zero-order chi connectivity index (χ0) is 46.8. The molecule has 0 radical (unpaired) electrons. The van der Waals surface area contributed by atoms with Crippen LogP contribution in [0.1, 0.15) is 127 Å². The predicted molar refractivity (Wildman–Crippen MR) is 255 cm³/mol. The maximum absolute atomic E-state index is 16.1. The van der Waals surface area contributed by atoms with E-state index in [1.807, 2.05) is 18.2 Å². The summed E-state index contributed by atoms with van der Waals surface area (Å²) in [6.07, 6.45) is 12.4. The number of halogens is 1. The monoisotopic (exact) mass is 881 g/mol. The number of carbonyl (C=O) groups is 3. The van der Waals surface area contributed by atoms with Gasteiger partial charge >= 0.3 is 17.9 Å². The molecule has 9 nitrogen and oxygen atoms in total. The van der Waals surface area contributed by atoms with Crippen molar-refractivity contribution in [3.05, 3.63) is 113 Å². The van der Waals surface area contributed by atoms with Crippen LogP contribution in [0.3, 0.4) is 0 Å². The van der Waals surface area contributed by atoms with Gasteiger partial charge in [-0.3, -0.25) is 0 Å². The van der Waals surface area contributed by atoms with E-state index in [2.05, 4.69) is 57.8 Å². The molecule has 3 aromatic carbocycles. The van der Waals surface area contributed by atoms with E-state index >= 15 is 4.39 Å². The molecule has 0 heterocycles. The van der Waals surface area contributed by atoms with Crippen LogP contribution < -0.4 is 16.2 Å². The van der Waals surface area contributed by atoms with Gasteiger partial charge in [-0.25, -0.2) is 18.8 Å². The molecule has 0 amide bonds. The van der Waals surface area contributed by atoms with Crippen molar-refractivity contribution < 1.29 is 37.7 Å². The lowest BCUT2D eigenvalue weighted by molar-refractivity contribution is -0.143. The van der Waals surface area contributed by atoms with Crippen molar-refractivity contribution in [1.82, 2.24) is 0 Å². The van der Waals surface area contributed by atoms with Crippen LogP contribution in [0.4, 0.5) is 4.39 Å². The van der Waals surface area contributed by atoms with E-state index < -0.39 is 23.3 Å². The van der Waals surface area contributed by atoms with Crippen molar-refractivity contribution in [3.8, 4) is 28.0 Å². The van der Waals surface area contributed by atoms with Gasteiger partial charge in [0, 0.05) is 35.4 Å². The van der Waals surface area contributed by atoms with E-state index in [0.29, 0.717) is 60.5 Å². The zero-order valence-corrected chi connectivity index (χ0v) is 39.2. The molecule has 348 valence electrons. The number of hydrogen-bond donors (Lipinski definition) is 2. The third kappa shape index (κ3) is 14.7. The van der Waals surface area contributed by atoms with Crippen molar-refractivity contribution in [3.63, 3.8) is 0 Å². The lowest BCUT2D eigenvalue weighted by Gasteiger charge is -2.31. The molecule has 4 N–H and O–H groups in total. The molecule has 0 unspecified atom stereocenters. The first-order valence-electron chi connectivity index (χ1n) is 23.2. The van der Waals surface area contributed by atoms with Crippen LogP contribution in [0, 0.1) is 17.2 Å². The molecule has 0 saturated heterocycles. The highest BCUT2D eigenvalue weighted by Crippen LogP contribution is 2.41. The molecule has 10 heteroatoms. The summed E-state index contributed by atoms with van der Waals surface area (Å²) in [7, 11) is 0. The molecule has 1 fully saturated rings. The van der Waals surface area contributed by atoms with Gasteiger partial charge in [-0.15, -0.1) is 0 Å². The van der Waals surface area contributed by atoms with Crippen LogP contribution in [-0.2, 0) is 47.9 Å². The van der Waals surface area contributed by atoms with Gasteiger partial charge in [0.2, 0.25) is 0 Å². The second-order valence-electron chi connectivity index (χ2n) is 17.9. The van der Waals surface area contributed by atoms with Crippen LogP contribution in [0.15, 0.2) is 85.0 Å². The Hall–Kier alpha value is -5.06. The molecule has 1 saturated carbocycles. The standard InChI is InChI=1S/C54H73FN2O7/c1-9-11-12-15-39-18-20-41(21-19-39)43-23-25-48(49(55)31-43)47-24-22-42(28-40(47)10-2)46-29-44(16-13-26-61-51(58)36(3)4)50(45(30-46)17-14-27-62-52(59)37(5)6)63-34-54(32-56,33-57)35-64-53(60)38(7)8/h22-25,28-31,39,41H,3,5,7,9-21,26-27,32-35,56-57H2,1-2,4,6,8H3. The lowest BCUT2D eigenvalue weighted by Crippen LogP contribution is -2.47. The second kappa shape index (κ2) is 25.4. The Labute approximate surface area is 381 Å². The van der Waals surface area contributed by atoms with E-state index in [0.717, 1.165) is 57.7 Å². The average molecular weight is 881 g/mol. The highest BCUT2D eigenvalue weighted by atomic mass is 19.1. The van der Waals surface area contributed by atoms with Crippen molar-refractivity contribution in [2.24, 2.45) is 22.8 Å². The fraction of sp³-hybridized carbons (Fsp3) is 0.500. The van der Waals surface area contributed by atoms with E-state index in [1.54, 1.807) is 26.8 Å². The first kappa shape index (κ1) is 51.6. The van der Waals surface area contributed by atoms with Crippen LogP contribution in [0.5, 0.6) is 5.75 Å². The van der Waals surface area contributed by atoms with Crippen LogP contribution in [0.2, 0.25) is 0 Å². The molecular weight excluding hydrogens is 808 g/mol. The van der Waals surface area contributed by atoms with Gasteiger partial charge in [0.1, 0.15) is 18.2 Å². The van der Waals surface area contributed by atoms with E-state index in [-0.39, 0.29) is 50.9 Å². The molecule has 0 aliphatic heterocycles. The van der Waals surface area contributed by atoms with E-state index in [1.165, 1.54) is 38.5 Å². The summed E-state index contributed by atoms with van der Waals surface area (Å²) in [5.41, 5.74) is 19.6. The number of nitrogens with two attached hydrogens (primary N) is 2. The summed E-state index contributed by atoms with van der Waals surface area (Å²) in [5.74, 6) is 0.111. The van der Waals surface area contributed by atoms with Crippen LogP contribution >= 0.6 is 0 Å². The first-order valence-corrected chi connectivity index (χ1v) is 23.2. The van der Waals surface area contributed by atoms with Crippen molar-refractivity contribution >= 4 is 17.9 Å². The second-order valence-corrected chi connectivity index (χ2v) is 17.9. The Balaban J connectivity index is 1.71. The molecule has 0 spiro atoms. The van der Waals surface area contributed by atoms with Gasteiger partial charge in [0.25, 0.3) is 0 Å². The third-order valence-electron chi connectivity index (χ3n) is 12.5. The smallest absolute Gasteiger partial charge is 0.333 e. The van der Waals surface area contributed by atoms with Crippen molar-refractivity contribution in [1.29, 1.82) is 0 Å². The molecule has 0 aromatic heterocycles. The maximum Gasteiger partial charge on any atom is 0.333 e. The quantitative estimate of drug-likeness (QED) is 0.0349. The Bertz CT molecular complexity index is 2040. The number of unbranched alkanes of at least 4 members (excludes halogenated alkanes) is 2. The van der Waals surface area contributed by atoms with Crippen LogP contribution in [0.25, 0.3) is 22.3 Å². The Morgan fingerprint density at radius 2 is 1.22 bits per heavy atom. The summed E-state index contributed by atoms with van der Waals surface area (Å²) in [5, 5.41) is 0. The van der Waals surface area contributed by atoms with Gasteiger partial charge in [-0.2, -0.15) is 0 Å². The van der Waals surface area contributed by atoms with Gasteiger partial charge in [0.05, 0.1) is 25.2 Å². The number of aryl methyl sites for hydroxylation is 3. The largest absolute Gasteiger partial charge is 0.492 e. The lowest BCUT2D eigenvalue weighted by atomic mass is 9.77. The van der Waals surface area contributed by atoms with Gasteiger partial charge in [0.15, 0.2) is 0 Å². The minimum atomic E-state index is -0.904. The van der Waals surface area contributed by atoms with Crippen molar-refractivity contribution in [2.75, 3.05) is 39.5 Å². The summed E-state index contributed by atoms with van der Waals surface area (Å²) in [6.45, 7) is 20.6. The van der Waals surface area contributed by atoms with Gasteiger partial charge in [-0.1, -0.05) is 89.6 Å². The minimum Gasteiger partial charge on any atom is -0.492 e. The third-order valence-corrected chi connectivity index (χ3v) is 12.5. The van der Waals surface area contributed by atoms with Crippen LogP contribution in [-0.4, -0.2) is 57.4 Å². The molecule has 3 aromatic rings. The van der Waals surface area contributed by atoms with E-state index in [4.69, 9.17) is 30.4 Å². The Kier molecular flexibility index (Phi) is 20.5. The molecule has 4 rings (SSSR count). The normalized spacial score (nSPS) is 15.0. The first-order chi connectivity index (χ1) is 30.6. The summed E-state index contributed by atoms with van der Waals surface area (Å²) in [6, 6.07) is 16.1. The summed E-state index contributed by atoms with van der Waals surface area (Å²) < 4.78 is 39.3.